The fourth-order valence-electron chi connectivity index (χ4n) is 2.16. The van der Waals surface area contributed by atoms with Crippen molar-refractivity contribution < 1.29 is 9.21 Å². The molecule has 0 aliphatic carbocycles. The summed E-state index contributed by atoms with van der Waals surface area (Å²) in [4.78, 5) is 14.0. The highest BCUT2D eigenvalue weighted by molar-refractivity contribution is 7.80. The van der Waals surface area contributed by atoms with Crippen molar-refractivity contribution in [3.05, 3.63) is 84.8 Å². The van der Waals surface area contributed by atoms with Crippen LogP contribution in [0.2, 0.25) is 0 Å². The van der Waals surface area contributed by atoms with Gasteiger partial charge in [-0.25, -0.2) is 0 Å². The van der Waals surface area contributed by atoms with E-state index in [-0.39, 0.29) is 16.8 Å². The first-order chi connectivity index (χ1) is 11.3. The van der Waals surface area contributed by atoms with Gasteiger partial charge in [-0.2, -0.15) is 0 Å². The Morgan fingerprint density at radius 1 is 0.870 bits per heavy atom. The Morgan fingerprint density at radius 2 is 1.43 bits per heavy atom. The summed E-state index contributed by atoms with van der Waals surface area (Å²) in [6, 6.07) is 22.5. The Balaban J connectivity index is 1.89. The van der Waals surface area contributed by atoms with Gasteiger partial charge in [-0.05, 0) is 48.6 Å². The summed E-state index contributed by atoms with van der Waals surface area (Å²) in [5.74, 6) is -0.162. The van der Waals surface area contributed by atoms with Gasteiger partial charge in [0.2, 0.25) is 0 Å². The maximum Gasteiger partial charge on any atom is 0.293 e. The number of nitrogens with zero attached hydrogens (tertiary/aromatic N) is 1. The molecule has 1 aromatic heterocycles. The van der Waals surface area contributed by atoms with Crippen molar-refractivity contribution in [2.24, 2.45) is 0 Å². The van der Waals surface area contributed by atoms with Gasteiger partial charge in [0.1, 0.15) is 0 Å². The number of anilines is 2. The lowest BCUT2D eigenvalue weighted by Gasteiger charge is -2.25. The lowest BCUT2D eigenvalue weighted by molar-refractivity contribution is 0.0950. The fraction of sp³-hybridized carbons (Fsp3) is 0. The molecular weight excluding hydrogens is 308 g/mol. The van der Waals surface area contributed by atoms with Crippen LogP contribution in [0.1, 0.15) is 10.6 Å². The van der Waals surface area contributed by atoms with Crippen LogP contribution in [0.3, 0.4) is 0 Å². The largest absolute Gasteiger partial charge is 0.459 e. The number of benzene rings is 2. The van der Waals surface area contributed by atoms with Crippen molar-refractivity contribution >= 4 is 34.6 Å². The molecule has 5 heteroatoms. The van der Waals surface area contributed by atoms with Gasteiger partial charge in [0.15, 0.2) is 10.9 Å². The highest BCUT2D eigenvalue weighted by atomic mass is 32.1. The van der Waals surface area contributed by atoms with E-state index in [1.165, 1.54) is 6.26 Å². The van der Waals surface area contributed by atoms with Crippen molar-refractivity contribution in [2.45, 2.75) is 0 Å². The van der Waals surface area contributed by atoms with Gasteiger partial charge in [0, 0.05) is 11.4 Å². The van der Waals surface area contributed by atoms with Gasteiger partial charge < -0.3 is 4.42 Å². The van der Waals surface area contributed by atoms with E-state index in [1.807, 2.05) is 60.7 Å². The Hall–Kier alpha value is -2.92. The zero-order valence-corrected chi connectivity index (χ0v) is 13.0. The SMILES string of the molecule is O=C(NC(=S)N(c1ccccc1)c1ccccc1)c1ccco1. The molecular formula is C18H14N2O2S. The molecule has 0 unspecified atom stereocenters. The number of amides is 1. The van der Waals surface area contributed by atoms with Crippen LogP contribution in [0.15, 0.2) is 83.5 Å². The monoisotopic (exact) mass is 322 g/mol. The van der Waals surface area contributed by atoms with Crippen LogP contribution in [-0.2, 0) is 0 Å². The minimum absolute atomic E-state index is 0.216. The summed E-state index contributed by atoms with van der Waals surface area (Å²) < 4.78 is 5.10. The van der Waals surface area contributed by atoms with Gasteiger partial charge >= 0.3 is 0 Å². The quantitative estimate of drug-likeness (QED) is 0.736. The summed E-state index contributed by atoms with van der Waals surface area (Å²) in [5, 5.41) is 2.99. The van der Waals surface area contributed by atoms with Crippen molar-refractivity contribution in [1.29, 1.82) is 0 Å². The molecule has 114 valence electrons. The van der Waals surface area contributed by atoms with E-state index in [2.05, 4.69) is 5.32 Å². The third kappa shape index (κ3) is 3.46. The zero-order valence-electron chi connectivity index (χ0n) is 12.2. The highest BCUT2D eigenvalue weighted by Gasteiger charge is 2.18. The lowest BCUT2D eigenvalue weighted by atomic mass is 10.2. The molecule has 0 atom stereocenters. The first-order valence-electron chi connectivity index (χ1n) is 7.05. The Kier molecular flexibility index (Phi) is 4.49. The van der Waals surface area contributed by atoms with Crippen LogP contribution < -0.4 is 10.2 Å². The normalized spacial score (nSPS) is 10.1. The van der Waals surface area contributed by atoms with Crippen LogP contribution in [0.4, 0.5) is 11.4 Å². The van der Waals surface area contributed by atoms with Crippen LogP contribution in [-0.4, -0.2) is 11.0 Å². The van der Waals surface area contributed by atoms with Gasteiger partial charge in [-0.15, -0.1) is 0 Å². The Morgan fingerprint density at radius 3 is 1.91 bits per heavy atom. The number of carbonyl (C=O) groups excluding carboxylic acids is 1. The number of hydrogen-bond acceptors (Lipinski definition) is 3. The maximum absolute atomic E-state index is 12.2. The average molecular weight is 322 g/mol. The molecule has 0 bridgehead atoms. The highest BCUT2D eigenvalue weighted by Crippen LogP contribution is 2.25. The molecule has 0 aliphatic heterocycles. The molecule has 4 nitrogen and oxygen atoms in total. The molecule has 2 aromatic carbocycles. The van der Waals surface area contributed by atoms with Crippen LogP contribution in [0.5, 0.6) is 0 Å². The van der Waals surface area contributed by atoms with E-state index < -0.39 is 0 Å². The Labute approximate surface area is 139 Å². The summed E-state index contributed by atoms with van der Waals surface area (Å²) in [7, 11) is 0. The van der Waals surface area contributed by atoms with Crippen molar-refractivity contribution in [3.63, 3.8) is 0 Å². The van der Waals surface area contributed by atoms with Crippen molar-refractivity contribution in [1.82, 2.24) is 5.32 Å². The predicted octanol–water partition coefficient (Wildman–Crippen LogP) is 4.13. The van der Waals surface area contributed by atoms with E-state index in [0.717, 1.165) is 11.4 Å². The molecule has 23 heavy (non-hydrogen) atoms. The molecule has 1 N–H and O–H groups in total. The first kappa shape index (κ1) is 15.0. The number of hydrogen-bond donors (Lipinski definition) is 1. The second-order valence-corrected chi connectivity index (χ2v) is 5.13. The lowest BCUT2D eigenvalue weighted by Crippen LogP contribution is -2.40. The van der Waals surface area contributed by atoms with Crippen LogP contribution >= 0.6 is 12.2 Å². The van der Waals surface area contributed by atoms with E-state index in [0.29, 0.717) is 0 Å². The standard InChI is InChI=1S/C18H14N2O2S/c21-17(16-12-7-13-22-16)19-18(23)20(14-8-3-1-4-9-14)15-10-5-2-6-11-15/h1-13H,(H,19,21,23). The minimum Gasteiger partial charge on any atom is -0.459 e. The van der Waals surface area contributed by atoms with Crippen molar-refractivity contribution in [3.8, 4) is 0 Å². The molecule has 0 radical (unpaired) electrons. The zero-order chi connectivity index (χ0) is 16.1. The number of furan rings is 1. The van der Waals surface area contributed by atoms with Crippen LogP contribution in [0.25, 0.3) is 0 Å². The topological polar surface area (TPSA) is 45.5 Å². The van der Waals surface area contributed by atoms with E-state index in [9.17, 15) is 4.79 Å². The molecule has 1 heterocycles. The molecule has 0 fully saturated rings. The number of nitrogens with one attached hydrogen (secondary N) is 1. The van der Waals surface area contributed by atoms with Gasteiger partial charge in [0.25, 0.3) is 5.91 Å². The van der Waals surface area contributed by atoms with Crippen LogP contribution in [0, 0.1) is 0 Å². The fourth-order valence-corrected chi connectivity index (χ4v) is 2.46. The van der Waals surface area contributed by atoms with E-state index in [4.69, 9.17) is 16.6 Å². The molecule has 0 aliphatic rings. The number of para-hydroxylation sites is 2. The number of rotatable bonds is 3. The minimum atomic E-state index is -0.378. The third-order valence-electron chi connectivity index (χ3n) is 3.20. The first-order valence-corrected chi connectivity index (χ1v) is 7.45. The molecule has 3 aromatic rings. The average Bonchev–Trinajstić information content (AvgIpc) is 3.12. The van der Waals surface area contributed by atoms with Gasteiger partial charge in [0.05, 0.1) is 6.26 Å². The van der Waals surface area contributed by atoms with Gasteiger partial charge in [-0.3, -0.25) is 15.0 Å². The summed E-state index contributed by atoms with van der Waals surface area (Å²) in [6.07, 6.45) is 1.45. The number of thiocarbonyl (C=S) groups is 1. The van der Waals surface area contributed by atoms with Crippen molar-refractivity contribution in [2.75, 3.05) is 4.90 Å². The molecule has 3 rings (SSSR count). The smallest absolute Gasteiger partial charge is 0.293 e. The number of carbonyl (C=O) groups is 1. The molecule has 0 spiro atoms. The molecule has 0 saturated heterocycles. The predicted molar refractivity (Wildman–Crippen MR) is 93.8 cm³/mol. The van der Waals surface area contributed by atoms with E-state index in [1.54, 1.807) is 17.0 Å². The Bertz CT molecular complexity index is 747. The second kappa shape index (κ2) is 6.89. The third-order valence-corrected chi connectivity index (χ3v) is 3.48. The van der Waals surface area contributed by atoms with Gasteiger partial charge in [-0.1, -0.05) is 36.4 Å². The summed E-state index contributed by atoms with van der Waals surface area (Å²) in [5.41, 5.74) is 1.73. The summed E-state index contributed by atoms with van der Waals surface area (Å²) in [6.45, 7) is 0. The van der Waals surface area contributed by atoms with E-state index >= 15 is 0 Å². The molecule has 1 amide bonds. The second-order valence-electron chi connectivity index (χ2n) is 4.74. The summed E-state index contributed by atoms with van der Waals surface area (Å²) >= 11 is 5.44. The maximum atomic E-state index is 12.2. The molecule has 0 saturated carbocycles.